The molecule has 4 nitrogen and oxygen atoms in total. The van der Waals surface area contributed by atoms with Crippen LogP contribution >= 0.6 is 0 Å². The second-order valence-corrected chi connectivity index (χ2v) is 6.40. The van der Waals surface area contributed by atoms with Gasteiger partial charge in [-0.05, 0) is 37.8 Å². The van der Waals surface area contributed by atoms with Crippen LogP contribution < -0.4 is 5.32 Å². The molecule has 0 aromatic carbocycles. The Morgan fingerprint density at radius 2 is 2.05 bits per heavy atom. The van der Waals surface area contributed by atoms with Crippen LogP contribution in [0.5, 0.6) is 0 Å². The number of aromatic nitrogens is 3. The molecule has 0 bridgehead atoms. The Labute approximate surface area is 125 Å². The van der Waals surface area contributed by atoms with Crippen molar-refractivity contribution < 1.29 is 0 Å². The van der Waals surface area contributed by atoms with Gasteiger partial charge in [0.1, 0.15) is 5.82 Å². The highest BCUT2D eigenvalue weighted by molar-refractivity contribution is 5.45. The van der Waals surface area contributed by atoms with Crippen LogP contribution in [-0.4, -0.2) is 21.3 Å². The van der Waals surface area contributed by atoms with E-state index in [0.29, 0.717) is 0 Å². The summed E-state index contributed by atoms with van der Waals surface area (Å²) in [6.45, 7) is 4.14. The summed E-state index contributed by atoms with van der Waals surface area (Å²) < 4.78 is 2.14. The third kappa shape index (κ3) is 2.04. The van der Waals surface area contributed by atoms with Gasteiger partial charge in [-0.15, -0.1) is 0 Å². The Balaban J connectivity index is 1.80. The highest BCUT2D eigenvalue weighted by Crippen LogP contribution is 2.46. The zero-order valence-electron chi connectivity index (χ0n) is 12.6. The monoisotopic (exact) mass is 282 g/mol. The van der Waals surface area contributed by atoms with Gasteiger partial charge in [-0.2, -0.15) is 5.10 Å². The lowest BCUT2D eigenvalue weighted by atomic mass is 9.77. The third-order valence-corrected chi connectivity index (χ3v) is 5.04. The molecule has 2 aliphatic rings. The molecular formula is C17H22N4. The second-order valence-electron chi connectivity index (χ2n) is 6.40. The summed E-state index contributed by atoms with van der Waals surface area (Å²) in [7, 11) is 0. The number of pyridine rings is 1. The molecule has 1 saturated carbocycles. The summed E-state index contributed by atoms with van der Waals surface area (Å²) in [5.41, 5.74) is 3.72. The largest absolute Gasteiger partial charge is 0.370 e. The molecule has 0 amide bonds. The number of rotatable bonds is 2. The van der Waals surface area contributed by atoms with Crippen LogP contribution in [-0.2, 0) is 12.0 Å². The zero-order valence-corrected chi connectivity index (χ0v) is 12.6. The zero-order chi connectivity index (χ0) is 14.3. The minimum absolute atomic E-state index is 0.0761. The Bertz CT molecular complexity index is 612. The van der Waals surface area contributed by atoms with Crippen LogP contribution in [0.15, 0.2) is 24.4 Å². The first-order valence-corrected chi connectivity index (χ1v) is 8.03. The summed E-state index contributed by atoms with van der Waals surface area (Å²) in [5.74, 6) is 1.18. The van der Waals surface area contributed by atoms with E-state index < -0.39 is 0 Å². The van der Waals surface area contributed by atoms with Crippen molar-refractivity contribution in [2.45, 2.75) is 51.0 Å². The lowest BCUT2D eigenvalue weighted by Crippen LogP contribution is -2.25. The van der Waals surface area contributed by atoms with E-state index >= 15 is 0 Å². The van der Waals surface area contributed by atoms with Gasteiger partial charge in [-0.3, -0.25) is 4.98 Å². The van der Waals surface area contributed by atoms with Crippen LogP contribution in [0.4, 0.5) is 5.82 Å². The van der Waals surface area contributed by atoms with E-state index in [4.69, 9.17) is 5.10 Å². The molecule has 110 valence electrons. The van der Waals surface area contributed by atoms with Gasteiger partial charge in [0.15, 0.2) is 0 Å². The molecular weight excluding hydrogens is 260 g/mol. The fourth-order valence-electron chi connectivity index (χ4n) is 3.83. The molecule has 2 aromatic heterocycles. The predicted molar refractivity (Wildman–Crippen MR) is 83.6 cm³/mol. The number of nitrogens with one attached hydrogen (secondary N) is 1. The summed E-state index contributed by atoms with van der Waals surface area (Å²) in [4.78, 5) is 4.53. The average Bonchev–Trinajstić information content (AvgIpc) is 3.15. The quantitative estimate of drug-likeness (QED) is 0.919. The van der Waals surface area contributed by atoms with E-state index in [1.54, 1.807) is 0 Å². The topological polar surface area (TPSA) is 42.7 Å². The molecule has 21 heavy (non-hydrogen) atoms. The van der Waals surface area contributed by atoms with Crippen molar-refractivity contribution in [3.63, 3.8) is 0 Å². The third-order valence-electron chi connectivity index (χ3n) is 5.04. The molecule has 1 fully saturated rings. The van der Waals surface area contributed by atoms with Crippen molar-refractivity contribution in [2.75, 3.05) is 11.9 Å². The maximum atomic E-state index is 4.93. The van der Waals surface area contributed by atoms with E-state index in [-0.39, 0.29) is 5.41 Å². The number of nitrogens with zero attached hydrogens (tertiary/aromatic N) is 3. The average molecular weight is 282 g/mol. The Morgan fingerprint density at radius 3 is 2.76 bits per heavy atom. The molecule has 1 N–H and O–H groups in total. The van der Waals surface area contributed by atoms with Crippen molar-refractivity contribution in [1.29, 1.82) is 0 Å². The van der Waals surface area contributed by atoms with Crippen molar-refractivity contribution in [3.8, 4) is 0 Å². The van der Waals surface area contributed by atoms with Crippen molar-refractivity contribution in [2.24, 2.45) is 0 Å². The van der Waals surface area contributed by atoms with Gasteiger partial charge in [-0.1, -0.05) is 18.9 Å². The van der Waals surface area contributed by atoms with Gasteiger partial charge < -0.3 is 5.32 Å². The Morgan fingerprint density at radius 1 is 1.19 bits per heavy atom. The smallest absolute Gasteiger partial charge is 0.124 e. The number of aryl methyl sites for hydroxylation is 2. The van der Waals surface area contributed by atoms with Gasteiger partial charge in [-0.25, -0.2) is 4.68 Å². The maximum Gasteiger partial charge on any atom is 0.124 e. The maximum absolute atomic E-state index is 4.93. The van der Waals surface area contributed by atoms with Gasteiger partial charge in [0.2, 0.25) is 0 Å². The standard InChI is InChI=1S/C17H22N4/c1-13-5-6-14(12-19-13)17(7-2-3-8-17)15-11-16-18-9-4-10-21(16)20-15/h5-6,11-12,18H,2-4,7-10H2,1H3. The molecule has 2 aromatic rings. The van der Waals surface area contributed by atoms with Crippen molar-refractivity contribution in [3.05, 3.63) is 41.3 Å². The molecule has 0 saturated heterocycles. The molecule has 1 aliphatic heterocycles. The van der Waals surface area contributed by atoms with Crippen molar-refractivity contribution >= 4 is 5.82 Å². The summed E-state index contributed by atoms with van der Waals surface area (Å²) >= 11 is 0. The number of hydrogen-bond acceptors (Lipinski definition) is 3. The fourth-order valence-corrected chi connectivity index (χ4v) is 3.83. The second kappa shape index (κ2) is 4.86. The van der Waals surface area contributed by atoms with Crippen LogP contribution in [0.25, 0.3) is 0 Å². The first kappa shape index (κ1) is 12.9. The van der Waals surface area contributed by atoms with E-state index in [2.05, 4.69) is 39.4 Å². The lowest BCUT2D eigenvalue weighted by Gasteiger charge is -2.27. The van der Waals surface area contributed by atoms with Gasteiger partial charge in [0.05, 0.1) is 5.69 Å². The van der Waals surface area contributed by atoms with Crippen LogP contribution in [0, 0.1) is 6.92 Å². The van der Waals surface area contributed by atoms with Gasteiger partial charge in [0.25, 0.3) is 0 Å². The molecule has 0 spiro atoms. The molecule has 0 radical (unpaired) electrons. The Kier molecular flexibility index (Phi) is 2.98. The van der Waals surface area contributed by atoms with E-state index in [9.17, 15) is 0 Å². The molecule has 3 heterocycles. The van der Waals surface area contributed by atoms with Crippen LogP contribution in [0.3, 0.4) is 0 Å². The number of anilines is 1. The minimum atomic E-state index is 0.0761. The SMILES string of the molecule is Cc1ccc(C2(c3cc4n(n3)CCCN4)CCCC2)cn1. The van der Waals surface area contributed by atoms with E-state index in [1.165, 1.54) is 42.8 Å². The van der Waals surface area contributed by atoms with Gasteiger partial charge in [0, 0.05) is 36.5 Å². The Hall–Kier alpha value is -1.84. The molecule has 0 unspecified atom stereocenters. The lowest BCUT2D eigenvalue weighted by molar-refractivity contribution is 0.489. The first-order chi connectivity index (χ1) is 10.3. The fraction of sp³-hybridized carbons (Fsp3) is 0.529. The number of hydrogen-bond donors (Lipinski definition) is 1. The highest BCUT2D eigenvalue weighted by atomic mass is 15.3. The van der Waals surface area contributed by atoms with E-state index in [0.717, 1.165) is 25.2 Å². The normalized spacial score (nSPS) is 20.0. The number of fused-ring (bicyclic) bond motifs is 1. The van der Waals surface area contributed by atoms with E-state index in [1.807, 2.05) is 6.92 Å². The van der Waals surface area contributed by atoms with Crippen LogP contribution in [0.1, 0.15) is 49.1 Å². The van der Waals surface area contributed by atoms with Crippen LogP contribution in [0.2, 0.25) is 0 Å². The summed E-state index contributed by atoms with van der Waals surface area (Å²) in [6.07, 6.45) is 8.16. The van der Waals surface area contributed by atoms with Crippen molar-refractivity contribution in [1.82, 2.24) is 14.8 Å². The summed E-state index contributed by atoms with van der Waals surface area (Å²) in [6, 6.07) is 6.65. The predicted octanol–water partition coefficient (Wildman–Crippen LogP) is 3.26. The molecule has 4 rings (SSSR count). The summed E-state index contributed by atoms with van der Waals surface area (Å²) in [5, 5.41) is 8.40. The minimum Gasteiger partial charge on any atom is -0.370 e. The first-order valence-electron chi connectivity index (χ1n) is 8.03. The highest BCUT2D eigenvalue weighted by Gasteiger charge is 2.40. The molecule has 0 atom stereocenters. The molecule has 1 aliphatic carbocycles. The van der Waals surface area contributed by atoms with Gasteiger partial charge >= 0.3 is 0 Å². The molecule has 4 heteroatoms.